The predicted octanol–water partition coefficient (Wildman–Crippen LogP) is 3.35. The highest BCUT2D eigenvalue weighted by atomic mass is 15.2. The smallest absolute Gasteiger partial charge is 0.0991 e. The molecule has 0 aliphatic carbocycles. The van der Waals surface area contributed by atoms with Crippen LogP contribution in [-0.4, -0.2) is 18.0 Å². The van der Waals surface area contributed by atoms with Crippen molar-refractivity contribution in [3.8, 4) is 6.07 Å². The van der Waals surface area contributed by atoms with Crippen LogP contribution < -0.4 is 0 Å². The molecular formula is C17H16N2. The SMILES string of the molecule is N#Cc1ccc(C(c2ccccc2)N2CCC2)cc1. The number of hydrogen-bond donors (Lipinski definition) is 0. The lowest BCUT2D eigenvalue weighted by molar-refractivity contribution is 0.140. The van der Waals surface area contributed by atoms with Gasteiger partial charge in [-0.2, -0.15) is 5.26 Å². The first-order valence-corrected chi connectivity index (χ1v) is 6.67. The normalized spacial score (nSPS) is 16.4. The van der Waals surface area contributed by atoms with Crippen LogP contribution in [0.5, 0.6) is 0 Å². The Bertz CT molecular complexity index is 577. The van der Waals surface area contributed by atoms with E-state index in [1.54, 1.807) is 0 Å². The van der Waals surface area contributed by atoms with Crippen molar-refractivity contribution < 1.29 is 0 Å². The second-order valence-corrected chi connectivity index (χ2v) is 4.94. The minimum absolute atomic E-state index is 0.322. The molecule has 0 aromatic heterocycles. The number of nitriles is 1. The van der Waals surface area contributed by atoms with Crippen LogP contribution in [0.2, 0.25) is 0 Å². The maximum Gasteiger partial charge on any atom is 0.0991 e. The Morgan fingerprint density at radius 2 is 1.53 bits per heavy atom. The summed E-state index contributed by atoms with van der Waals surface area (Å²) >= 11 is 0. The summed E-state index contributed by atoms with van der Waals surface area (Å²) in [6, 6.07) is 21.1. The minimum atomic E-state index is 0.322. The molecule has 2 nitrogen and oxygen atoms in total. The molecule has 0 saturated carbocycles. The maximum absolute atomic E-state index is 8.89. The first-order chi connectivity index (χ1) is 9.38. The van der Waals surface area contributed by atoms with E-state index in [9.17, 15) is 0 Å². The fourth-order valence-electron chi connectivity index (χ4n) is 2.59. The van der Waals surface area contributed by atoms with Crippen LogP contribution in [0, 0.1) is 11.3 Å². The molecule has 1 saturated heterocycles. The highest BCUT2D eigenvalue weighted by Gasteiger charge is 2.26. The summed E-state index contributed by atoms with van der Waals surface area (Å²) in [4.78, 5) is 2.48. The Morgan fingerprint density at radius 3 is 2.05 bits per heavy atom. The number of benzene rings is 2. The van der Waals surface area contributed by atoms with E-state index in [1.807, 2.05) is 12.1 Å². The first kappa shape index (κ1) is 12.0. The summed E-state index contributed by atoms with van der Waals surface area (Å²) in [5.41, 5.74) is 3.32. The molecular weight excluding hydrogens is 232 g/mol. The highest BCUT2D eigenvalue weighted by Crippen LogP contribution is 2.32. The molecule has 0 bridgehead atoms. The second kappa shape index (κ2) is 5.26. The topological polar surface area (TPSA) is 27.0 Å². The Morgan fingerprint density at radius 1 is 0.895 bits per heavy atom. The quantitative estimate of drug-likeness (QED) is 0.833. The van der Waals surface area contributed by atoms with E-state index in [-0.39, 0.29) is 0 Å². The molecule has 3 rings (SSSR count). The van der Waals surface area contributed by atoms with E-state index in [4.69, 9.17) is 5.26 Å². The molecule has 19 heavy (non-hydrogen) atoms. The van der Waals surface area contributed by atoms with Gasteiger partial charge in [0.15, 0.2) is 0 Å². The predicted molar refractivity (Wildman–Crippen MR) is 75.6 cm³/mol. The van der Waals surface area contributed by atoms with Crippen molar-refractivity contribution in [3.05, 3.63) is 71.3 Å². The fourth-order valence-corrected chi connectivity index (χ4v) is 2.59. The average Bonchev–Trinajstić information content (AvgIpc) is 2.44. The summed E-state index contributed by atoms with van der Waals surface area (Å²) in [6.07, 6.45) is 1.28. The van der Waals surface area contributed by atoms with Crippen LogP contribution in [0.1, 0.15) is 29.2 Å². The van der Waals surface area contributed by atoms with Gasteiger partial charge in [-0.15, -0.1) is 0 Å². The van der Waals surface area contributed by atoms with Gasteiger partial charge in [0.1, 0.15) is 0 Å². The fraction of sp³-hybridized carbons (Fsp3) is 0.235. The van der Waals surface area contributed by atoms with Gasteiger partial charge in [0.2, 0.25) is 0 Å². The number of nitrogens with zero attached hydrogens (tertiary/aromatic N) is 2. The van der Waals surface area contributed by atoms with Gasteiger partial charge in [0, 0.05) is 13.1 Å². The third-order valence-electron chi connectivity index (χ3n) is 3.73. The Labute approximate surface area is 113 Å². The lowest BCUT2D eigenvalue weighted by Crippen LogP contribution is -2.40. The lowest BCUT2D eigenvalue weighted by Gasteiger charge is -2.39. The highest BCUT2D eigenvalue weighted by molar-refractivity contribution is 5.37. The van der Waals surface area contributed by atoms with Gasteiger partial charge in [-0.05, 0) is 29.7 Å². The van der Waals surface area contributed by atoms with E-state index in [0.29, 0.717) is 6.04 Å². The molecule has 1 atom stereocenters. The lowest BCUT2D eigenvalue weighted by atomic mass is 9.94. The summed E-state index contributed by atoms with van der Waals surface area (Å²) in [5.74, 6) is 0. The van der Waals surface area contributed by atoms with Gasteiger partial charge < -0.3 is 0 Å². The molecule has 0 radical (unpaired) electrons. The molecule has 1 unspecified atom stereocenters. The molecule has 0 amide bonds. The van der Waals surface area contributed by atoms with Crippen LogP contribution >= 0.6 is 0 Å². The molecule has 1 fully saturated rings. The van der Waals surface area contributed by atoms with Crippen molar-refractivity contribution in [1.29, 1.82) is 5.26 Å². The number of rotatable bonds is 3. The molecule has 1 aliphatic heterocycles. The van der Waals surface area contributed by atoms with Crippen molar-refractivity contribution in [2.24, 2.45) is 0 Å². The standard InChI is InChI=1S/C17H16N2/c18-13-14-7-9-16(10-8-14)17(19-11-4-12-19)15-5-2-1-3-6-15/h1-3,5-10,17H,4,11-12H2. The molecule has 0 N–H and O–H groups in total. The molecule has 1 aliphatic rings. The summed E-state index contributed by atoms with van der Waals surface area (Å²) < 4.78 is 0. The van der Waals surface area contributed by atoms with Crippen LogP contribution in [-0.2, 0) is 0 Å². The van der Waals surface area contributed by atoms with Gasteiger partial charge in [-0.1, -0.05) is 42.5 Å². The zero-order valence-corrected chi connectivity index (χ0v) is 10.8. The average molecular weight is 248 g/mol. The van der Waals surface area contributed by atoms with Crippen LogP contribution in [0.25, 0.3) is 0 Å². The van der Waals surface area contributed by atoms with Crippen molar-refractivity contribution >= 4 is 0 Å². The third-order valence-corrected chi connectivity index (χ3v) is 3.73. The number of hydrogen-bond acceptors (Lipinski definition) is 2. The van der Waals surface area contributed by atoms with Crippen LogP contribution in [0.4, 0.5) is 0 Å². The minimum Gasteiger partial charge on any atom is -0.292 e. The monoisotopic (exact) mass is 248 g/mol. The molecule has 2 aromatic rings. The summed E-state index contributed by atoms with van der Waals surface area (Å²) in [5, 5.41) is 8.89. The van der Waals surface area contributed by atoms with E-state index in [2.05, 4.69) is 53.4 Å². The zero-order valence-electron chi connectivity index (χ0n) is 10.8. The van der Waals surface area contributed by atoms with Crippen molar-refractivity contribution in [2.75, 3.05) is 13.1 Å². The first-order valence-electron chi connectivity index (χ1n) is 6.67. The van der Waals surface area contributed by atoms with Gasteiger partial charge >= 0.3 is 0 Å². The second-order valence-electron chi connectivity index (χ2n) is 4.94. The Balaban J connectivity index is 1.97. The van der Waals surface area contributed by atoms with Crippen molar-refractivity contribution in [1.82, 2.24) is 4.90 Å². The van der Waals surface area contributed by atoms with Gasteiger partial charge in [-0.25, -0.2) is 0 Å². The molecule has 2 heteroatoms. The summed E-state index contributed by atoms with van der Waals surface area (Å²) in [6.45, 7) is 2.30. The van der Waals surface area contributed by atoms with Crippen LogP contribution in [0.3, 0.4) is 0 Å². The molecule has 1 heterocycles. The van der Waals surface area contributed by atoms with E-state index in [1.165, 1.54) is 17.5 Å². The maximum atomic E-state index is 8.89. The van der Waals surface area contributed by atoms with E-state index >= 15 is 0 Å². The van der Waals surface area contributed by atoms with Crippen molar-refractivity contribution in [2.45, 2.75) is 12.5 Å². The third kappa shape index (κ3) is 2.38. The van der Waals surface area contributed by atoms with Crippen molar-refractivity contribution in [3.63, 3.8) is 0 Å². The molecule has 94 valence electrons. The molecule has 2 aromatic carbocycles. The Hall–Kier alpha value is -2.11. The summed E-state index contributed by atoms with van der Waals surface area (Å²) in [7, 11) is 0. The number of likely N-dealkylation sites (tertiary alicyclic amines) is 1. The van der Waals surface area contributed by atoms with Gasteiger partial charge in [0.25, 0.3) is 0 Å². The Kier molecular flexibility index (Phi) is 3.31. The van der Waals surface area contributed by atoms with Gasteiger partial charge in [0.05, 0.1) is 17.7 Å². The van der Waals surface area contributed by atoms with Gasteiger partial charge in [-0.3, -0.25) is 4.90 Å². The van der Waals surface area contributed by atoms with Crippen LogP contribution in [0.15, 0.2) is 54.6 Å². The largest absolute Gasteiger partial charge is 0.292 e. The van der Waals surface area contributed by atoms with E-state index in [0.717, 1.165) is 18.7 Å². The van der Waals surface area contributed by atoms with E-state index < -0.39 is 0 Å². The molecule has 0 spiro atoms. The zero-order chi connectivity index (χ0) is 13.1.